The molecule has 3 aromatic rings. The molecule has 0 amide bonds. The van der Waals surface area contributed by atoms with Crippen LogP contribution in [0.1, 0.15) is 48.4 Å². The summed E-state index contributed by atoms with van der Waals surface area (Å²) in [6.45, 7) is 4.79. The number of nitrogens with zero attached hydrogens (tertiary/aromatic N) is 3. The number of hydrogen-bond acceptors (Lipinski definition) is 4. The van der Waals surface area contributed by atoms with Crippen LogP contribution in [0.5, 0.6) is 5.75 Å². The number of methoxy groups -OCH3 is 2. The summed E-state index contributed by atoms with van der Waals surface area (Å²) in [6.07, 6.45) is 7.41. The Morgan fingerprint density at radius 1 is 1.27 bits per heavy atom. The number of alkyl halides is 2. The van der Waals surface area contributed by atoms with Gasteiger partial charge in [0.2, 0.25) is 5.92 Å². The minimum absolute atomic E-state index is 0.00192. The molecular formula is C25H32F2N4O2. The smallest absolute Gasteiger partial charge is 0.249 e. The highest BCUT2D eigenvalue weighted by Crippen LogP contribution is 2.60. The lowest BCUT2D eigenvalue weighted by molar-refractivity contribution is -0.186. The molecule has 1 saturated carbocycles. The first kappa shape index (κ1) is 22.3. The van der Waals surface area contributed by atoms with Crippen LogP contribution in [-0.2, 0) is 17.8 Å². The molecule has 2 aliphatic rings. The molecule has 33 heavy (non-hydrogen) atoms. The average molecular weight is 459 g/mol. The highest BCUT2D eigenvalue weighted by Gasteiger charge is 2.58. The van der Waals surface area contributed by atoms with E-state index in [1.54, 1.807) is 14.2 Å². The second-order valence-electron chi connectivity index (χ2n) is 9.82. The van der Waals surface area contributed by atoms with Crippen LogP contribution in [0.4, 0.5) is 8.78 Å². The number of ether oxygens (including phenoxy) is 2. The topological polar surface area (TPSA) is 55.3 Å². The van der Waals surface area contributed by atoms with Gasteiger partial charge in [-0.15, -0.1) is 0 Å². The first-order valence-corrected chi connectivity index (χ1v) is 11.6. The zero-order valence-electron chi connectivity index (χ0n) is 19.5. The molecule has 1 aliphatic carbocycles. The number of hydrogen-bond donors (Lipinski definition) is 1. The van der Waals surface area contributed by atoms with Crippen LogP contribution in [0.2, 0.25) is 0 Å². The van der Waals surface area contributed by atoms with Crippen molar-refractivity contribution >= 4 is 10.9 Å². The fraction of sp³-hybridized carbons (Fsp3) is 0.560. The van der Waals surface area contributed by atoms with E-state index >= 15 is 0 Å². The number of aryl methyl sites for hydroxylation is 1. The Morgan fingerprint density at radius 2 is 2.09 bits per heavy atom. The van der Waals surface area contributed by atoms with E-state index in [2.05, 4.69) is 34.0 Å². The summed E-state index contributed by atoms with van der Waals surface area (Å²) >= 11 is 0. The quantitative estimate of drug-likeness (QED) is 0.537. The lowest BCUT2D eigenvalue weighted by Crippen LogP contribution is -2.53. The van der Waals surface area contributed by atoms with Crippen LogP contribution in [0.15, 0.2) is 30.7 Å². The summed E-state index contributed by atoms with van der Waals surface area (Å²) in [7, 11) is 3.38. The van der Waals surface area contributed by atoms with E-state index in [1.807, 2.05) is 23.3 Å². The van der Waals surface area contributed by atoms with E-state index in [0.29, 0.717) is 19.7 Å². The number of aromatic amines is 1. The molecule has 0 radical (unpaired) electrons. The lowest BCUT2D eigenvalue weighted by Gasteiger charge is -2.54. The first-order chi connectivity index (χ1) is 15.8. The maximum Gasteiger partial charge on any atom is 0.249 e. The number of rotatable bonds is 7. The van der Waals surface area contributed by atoms with E-state index in [4.69, 9.17) is 9.47 Å². The molecule has 1 atom stereocenters. The molecule has 5 rings (SSSR count). The third-order valence-electron chi connectivity index (χ3n) is 7.52. The SMILES string of the molecule is COCCn1cc([C@H]2CC3(CCN2Cc2c(OC)cc(C)c4[nH]ccc24)CC(F)(F)C3)cn1. The van der Waals surface area contributed by atoms with E-state index in [0.717, 1.165) is 52.7 Å². The molecule has 0 unspecified atom stereocenters. The molecule has 2 fully saturated rings. The van der Waals surface area contributed by atoms with Gasteiger partial charge in [-0.1, -0.05) is 0 Å². The zero-order valence-corrected chi connectivity index (χ0v) is 19.5. The average Bonchev–Trinajstić information content (AvgIpc) is 3.44. The number of benzene rings is 1. The van der Waals surface area contributed by atoms with Crippen LogP contribution >= 0.6 is 0 Å². The third kappa shape index (κ3) is 4.15. The lowest BCUT2D eigenvalue weighted by atomic mass is 9.59. The number of nitrogens with one attached hydrogen (secondary N) is 1. The summed E-state index contributed by atoms with van der Waals surface area (Å²) in [6, 6.07) is 4.20. The molecule has 1 aliphatic heterocycles. The van der Waals surface area contributed by atoms with Gasteiger partial charge in [0.05, 0.1) is 26.5 Å². The Balaban J connectivity index is 1.47. The highest BCUT2D eigenvalue weighted by molar-refractivity contribution is 5.88. The molecule has 2 aromatic heterocycles. The van der Waals surface area contributed by atoms with Crippen LogP contribution in [0, 0.1) is 12.3 Å². The van der Waals surface area contributed by atoms with Crippen molar-refractivity contribution in [2.24, 2.45) is 5.41 Å². The molecular weight excluding hydrogens is 426 g/mol. The summed E-state index contributed by atoms with van der Waals surface area (Å²) in [5.41, 5.74) is 4.19. The van der Waals surface area contributed by atoms with E-state index in [1.165, 1.54) is 0 Å². The number of halogens is 2. The van der Waals surface area contributed by atoms with Crippen LogP contribution < -0.4 is 4.74 Å². The highest BCUT2D eigenvalue weighted by atomic mass is 19.3. The number of piperidine rings is 1. The van der Waals surface area contributed by atoms with Gasteiger partial charge in [0, 0.05) is 67.0 Å². The Bertz CT molecular complexity index is 1130. The Hall–Kier alpha value is -2.45. The standard InChI is InChI=1S/C25H32F2N4O2/c1-17-10-22(33-3)20(19-4-6-28-23(17)19)14-30-7-5-24(15-25(26,27)16-24)11-21(30)18-12-29-31(13-18)8-9-32-2/h4,6,10,12-13,21,28H,5,7-9,11,14-16H2,1-3H3/t21-/m1/s1. The Kier molecular flexibility index (Phi) is 5.69. The van der Waals surface area contributed by atoms with Crippen molar-refractivity contribution in [1.29, 1.82) is 0 Å². The van der Waals surface area contributed by atoms with Gasteiger partial charge in [-0.2, -0.15) is 5.10 Å². The van der Waals surface area contributed by atoms with Gasteiger partial charge in [0.25, 0.3) is 0 Å². The maximum absolute atomic E-state index is 13.9. The number of aromatic nitrogens is 3. The van der Waals surface area contributed by atoms with Gasteiger partial charge in [-0.25, -0.2) is 8.78 Å². The molecule has 1 aromatic carbocycles. The van der Waals surface area contributed by atoms with Crippen molar-refractivity contribution in [2.45, 2.75) is 57.7 Å². The molecule has 8 heteroatoms. The van der Waals surface area contributed by atoms with Crippen molar-refractivity contribution < 1.29 is 18.3 Å². The third-order valence-corrected chi connectivity index (χ3v) is 7.52. The summed E-state index contributed by atoms with van der Waals surface area (Å²) in [5.74, 6) is -1.66. The van der Waals surface area contributed by atoms with Crippen molar-refractivity contribution in [3.8, 4) is 5.75 Å². The number of fused-ring (bicyclic) bond motifs is 1. The largest absolute Gasteiger partial charge is 0.496 e. The molecule has 1 saturated heterocycles. The molecule has 6 nitrogen and oxygen atoms in total. The minimum atomic E-state index is -2.52. The molecule has 1 spiro atoms. The van der Waals surface area contributed by atoms with Gasteiger partial charge in [0.15, 0.2) is 0 Å². The van der Waals surface area contributed by atoms with Crippen molar-refractivity contribution in [3.05, 3.63) is 47.4 Å². The summed E-state index contributed by atoms with van der Waals surface area (Å²) < 4.78 is 40.6. The predicted octanol–water partition coefficient (Wildman–Crippen LogP) is 5.08. The van der Waals surface area contributed by atoms with Gasteiger partial charge < -0.3 is 14.5 Å². The molecule has 178 valence electrons. The monoisotopic (exact) mass is 458 g/mol. The second kappa shape index (κ2) is 8.40. The van der Waals surface area contributed by atoms with Crippen molar-refractivity contribution in [2.75, 3.05) is 27.4 Å². The van der Waals surface area contributed by atoms with Gasteiger partial charge in [0.1, 0.15) is 5.75 Å². The summed E-state index contributed by atoms with van der Waals surface area (Å²) in [4.78, 5) is 5.76. The van der Waals surface area contributed by atoms with Crippen LogP contribution in [-0.4, -0.2) is 53.0 Å². The van der Waals surface area contributed by atoms with Gasteiger partial charge in [-0.3, -0.25) is 9.58 Å². The minimum Gasteiger partial charge on any atom is -0.496 e. The van der Waals surface area contributed by atoms with E-state index in [9.17, 15) is 8.78 Å². The first-order valence-electron chi connectivity index (χ1n) is 11.6. The zero-order chi connectivity index (χ0) is 23.2. The molecule has 0 bridgehead atoms. The van der Waals surface area contributed by atoms with Gasteiger partial charge >= 0.3 is 0 Å². The van der Waals surface area contributed by atoms with E-state index < -0.39 is 5.92 Å². The second-order valence-corrected chi connectivity index (χ2v) is 9.82. The number of likely N-dealkylation sites (tertiary alicyclic amines) is 1. The predicted molar refractivity (Wildman–Crippen MR) is 123 cm³/mol. The summed E-state index contributed by atoms with van der Waals surface area (Å²) in [5, 5.41) is 5.66. The molecule has 3 heterocycles. The normalized spacial score (nSPS) is 22.0. The van der Waals surface area contributed by atoms with Crippen molar-refractivity contribution in [1.82, 2.24) is 19.7 Å². The Morgan fingerprint density at radius 3 is 2.82 bits per heavy atom. The maximum atomic E-state index is 13.9. The van der Waals surface area contributed by atoms with Crippen LogP contribution in [0.25, 0.3) is 10.9 Å². The van der Waals surface area contributed by atoms with E-state index in [-0.39, 0.29) is 24.3 Å². The fourth-order valence-electron chi connectivity index (χ4n) is 5.91. The molecule has 1 N–H and O–H groups in total. The van der Waals surface area contributed by atoms with Gasteiger partial charge in [-0.05, 0) is 49.4 Å². The number of H-pyrrole nitrogens is 1. The van der Waals surface area contributed by atoms with Crippen LogP contribution in [0.3, 0.4) is 0 Å². The fourth-order valence-corrected chi connectivity index (χ4v) is 5.91. The Labute approximate surface area is 192 Å². The van der Waals surface area contributed by atoms with Crippen molar-refractivity contribution in [3.63, 3.8) is 0 Å².